The second-order valence-electron chi connectivity index (χ2n) is 6.10. The molecular weight excluding hydrogens is 224 g/mol. The molecule has 0 aliphatic carbocycles. The Labute approximate surface area is 111 Å². The highest BCUT2D eigenvalue weighted by molar-refractivity contribution is 4.93. The zero-order valence-electron chi connectivity index (χ0n) is 12.5. The van der Waals surface area contributed by atoms with Crippen molar-refractivity contribution in [2.24, 2.45) is 24.1 Å². The van der Waals surface area contributed by atoms with Gasteiger partial charge in [0.25, 0.3) is 0 Å². The molecule has 2 N–H and O–H groups in total. The van der Waals surface area contributed by atoms with E-state index in [-0.39, 0.29) is 0 Å². The Bertz CT molecular complexity index is 362. The highest BCUT2D eigenvalue weighted by Crippen LogP contribution is 2.31. The van der Waals surface area contributed by atoms with Gasteiger partial charge in [0, 0.05) is 19.9 Å². The van der Waals surface area contributed by atoms with Gasteiger partial charge in [-0.25, -0.2) is 4.98 Å². The summed E-state index contributed by atoms with van der Waals surface area (Å²) >= 11 is 0. The molecule has 1 atom stereocenters. The lowest BCUT2D eigenvalue weighted by atomic mass is 9.76. The highest BCUT2D eigenvalue weighted by atomic mass is 15.3. The zero-order chi connectivity index (χ0) is 13.8. The summed E-state index contributed by atoms with van der Waals surface area (Å²) in [5.74, 6) is 2.68. The second-order valence-corrected chi connectivity index (χ2v) is 6.10. The Hall–Kier alpha value is -0.900. The predicted molar refractivity (Wildman–Crippen MR) is 75.3 cm³/mol. The number of hydrogen-bond donors (Lipinski definition) is 1. The van der Waals surface area contributed by atoms with E-state index in [9.17, 15) is 0 Å². The number of hydrogen-bond acceptors (Lipinski definition) is 3. The number of nitrogens with two attached hydrogens (primary N) is 1. The molecular formula is C14H28N4. The van der Waals surface area contributed by atoms with Crippen LogP contribution in [0.15, 0.2) is 0 Å². The van der Waals surface area contributed by atoms with E-state index in [4.69, 9.17) is 5.73 Å². The molecule has 1 rings (SSSR count). The Balaban J connectivity index is 2.63. The van der Waals surface area contributed by atoms with E-state index in [1.165, 1.54) is 0 Å². The molecule has 4 heteroatoms. The van der Waals surface area contributed by atoms with Crippen molar-refractivity contribution in [1.29, 1.82) is 0 Å². The third-order valence-electron chi connectivity index (χ3n) is 3.67. The molecule has 1 aromatic heterocycles. The number of aromatic nitrogens is 3. The smallest absolute Gasteiger partial charge is 0.150 e. The van der Waals surface area contributed by atoms with E-state index < -0.39 is 0 Å². The molecule has 0 saturated heterocycles. The van der Waals surface area contributed by atoms with E-state index >= 15 is 0 Å². The summed E-state index contributed by atoms with van der Waals surface area (Å²) in [6.07, 6.45) is 4.11. The maximum absolute atomic E-state index is 5.72. The SMILES string of the molecule is CCc1nc(CCC(CCN)C(C)(C)C)n(C)n1. The highest BCUT2D eigenvalue weighted by Gasteiger charge is 2.24. The van der Waals surface area contributed by atoms with Gasteiger partial charge in [0.2, 0.25) is 0 Å². The quantitative estimate of drug-likeness (QED) is 0.845. The van der Waals surface area contributed by atoms with Crippen LogP contribution in [-0.4, -0.2) is 21.3 Å². The van der Waals surface area contributed by atoms with Crippen LogP contribution in [0, 0.1) is 11.3 Å². The van der Waals surface area contributed by atoms with E-state index in [0.29, 0.717) is 11.3 Å². The molecule has 104 valence electrons. The van der Waals surface area contributed by atoms with Crippen LogP contribution in [0.3, 0.4) is 0 Å². The predicted octanol–water partition coefficient (Wildman–Crippen LogP) is 2.32. The Morgan fingerprint density at radius 1 is 1.28 bits per heavy atom. The molecule has 0 aromatic carbocycles. The van der Waals surface area contributed by atoms with Crippen molar-refractivity contribution in [2.45, 2.75) is 53.4 Å². The Morgan fingerprint density at radius 2 is 1.94 bits per heavy atom. The topological polar surface area (TPSA) is 56.7 Å². The van der Waals surface area contributed by atoms with Gasteiger partial charge in [-0.1, -0.05) is 27.7 Å². The van der Waals surface area contributed by atoms with Gasteiger partial charge in [-0.15, -0.1) is 0 Å². The monoisotopic (exact) mass is 252 g/mol. The average Bonchev–Trinajstić information content (AvgIpc) is 2.64. The van der Waals surface area contributed by atoms with Gasteiger partial charge in [0.15, 0.2) is 5.82 Å². The minimum Gasteiger partial charge on any atom is -0.330 e. The lowest BCUT2D eigenvalue weighted by Crippen LogP contribution is -2.24. The third-order valence-corrected chi connectivity index (χ3v) is 3.67. The van der Waals surface area contributed by atoms with Crippen LogP contribution < -0.4 is 5.73 Å². The van der Waals surface area contributed by atoms with Crippen molar-refractivity contribution >= 4 is 0 Å². The summed E-state index contributed by atoms with van der Waals surface area (Å²) in [6, 6.07) is 0. The van der Waals surface area contributed by atoms with E-state index in [2.05, 4.69) is 37.8 Å². The molecule has 0 fully saturated rings. The summed E-state index contributed by atoms with van der Waals surface area (Å²) in [5.41, 5.74) is 6.03. The van der Waals surface area contributed by atoms with Gasteiger partial charge in [0.1, 0.15) is 5.82 Å². The molecule has 0 aliphatic rings. The van der Waals surface area contributed by atoms with E-state index in [1.807, 2.05) is 11.7 Å². The van der Waals surface area contributed by atoms with Crippen LogP contribution in [-0.2, 0) is 19.9 Å². The van der Waals surface area contributed by atoms with Crippen LogP contribution in [0.4, 0.5) is 0 Å². The molecule has 0 saturated carbocycles. The fourth-order valence-electron chi connectivity index (χ4n) is 2.36. The lowest BCUT2D eigenvalue weighted by molar-refractivity contribution is 0.213. The number of nitrogens with zero attached hydrogens (tertiary/aromatic N) is 3. The molecule has 4 nitrogen and oxygen atoms in total. The van der Waals surface area contributed by atoms with Crippen molar-refractivity contribution in [1.82, 2.24) is 14.8 Å². The lowest BCUT2D eigenvalue weighted by Gasteiger charge is -2.30. The molecule has 1 heterocycles. The summed E-state index contributed by atoms with van der Waals surface area (Å²) in [5, 5.41) is 4.40. The zero-order valence-corrected chi connectivity index (χ0v) is 12.5. The van der Waals surface area contributed by atoms with Gasteiger partial charge >= 0.3 is 0 Å². The fourth-order valence-corrected chi connectivity index (χ4v) is 2.36. The minimum atomic E-state index is 0.311. The Kier molecular flexibility index (Phi) is 5.32. The second kappa shape index (κ2) is 6.32. The Morgan fingerprint density at radius 3 is 2.39 bits per heavy atom. The van der Waals surface area contributed by atoms with Gasteiger partial charge in [-0.2, -0.15) is 5.10 Å². The third kappa shape index (κ3) is 4.09. The molecule has 0 radical (unpaired) electrons. The van der Waals surface area contributed by atoms with Gasteiger partial charge in [-0.3, -0.25) is 4.68 Å². The van der Waals surface area contributed by atoms with Crippen LogP contribution in [0.5, 0.6) is 0 Å². The number of rotatable bonds is 6. The molecule has 1 aromatic rings. The molecule has 0 aliphatic heterocycles. The normalized spacial score (nSPS) is 13.9. The van der Waals surface area contributed by atoms with Crippen LogP contribution >= 0.6 is 0 Å². The summed E-state index contributed by atoms with van der Waals surface area (Å²) in [7, 11) is 1.98. The van der Waals surface area contributed by atoms with Crippen molar-refractivity contribution in [3.63, 3.8) is 0 Å². The summed E-state index contributed by atoms with van der Waals surface area (Å²) in [4.78, 5) is 4.56. The first kappa shape index (κ1) is 15.2. The molecule has 1 unspecified atom stereocenters. The largest absolute Gasteiger partial charge is 0.330 e. The summed E-state index contributed by atoms with van der Waals surface area (Å²) in [6.45, 7) is 9.73. The first-order valence-electron chi connectivity index (χ1n) is 6.97. The fraction of sp³-hybridized carbons (Fsp3) is 0.857. The molecule has 0 bridgehead atoms. The maximum Gasteiger partial charge on any atom is 0.150 e. The molecule has 18 heavy (non-hydrogen) atoms. The van der Waals surface area contributed by atoms with E-state index in [1.54, 1.807) is 0 Å². The first-order chi connectivity index (χ1) is 8.38. The average molecular weight is 252 g/mol. The first-order valence-corrected chi connectivity index (χ1v) is 6.97. The van der Waals surface area contributed by atoms with Crippen molar-refractivity contribution in [3.8, 4) is 0 Å². The van der Waals surface area contributed by atoms with Crippen LogP contribution in [0.25, 0.3) is 0 Å². The van der Waals surface area contributed by atoms with Gasteiger partial charge < -0.3 is 5.73 Å². The number of aryl methyl sites for hydroxylation is 3. The van der Waals surface area contributed by atoms with Gasteiger partial charge in [0.05, 0.1) is 0 Å². The molecule has 0 amide bonds. The molecule has 0 spiro atoms. The van der Waals surface area contributed by atoms with Crippen molar-refractivity contribution in [2.75, 3.05) is 6.54 Å². The van der Waals surface area contributed by atoms with E-state index in [0.717, 1.165) is 43.9 Å². The van der Waals surface area contributed by atoms with Gasteiger partial charge in [-0.05, 0) is 30.7 Å². The minimum absolute atomic E-state index is 0.311. The van der Waals surface area contributed by atoms with Crippen LogP contribution in [0.1, 0.15) is 52.2 Å². The van der Waals surface area contributed by atoms with Crippen LogP contribution in [0.2, 0.25) is 0 Å². The summed E-state index contributed by atoms with van der Waals surface area (Å²) < 4.78 is 1.92. The standard InChI is InChI=1S/C14H28N4/c1-6-12-16-13(18(5)17-12)8-7-11(9-10-15)14(2,3)4/h11H,6-10,15H2,1-5H3. The van der Waals surface area contributed by atoms with Crippen molar-refractivity contribution < 1.29 is 0 Å². The van der Waals surface area contributed by atoms with Crippen molar-refractivity contribution in [3.05, 3.63) is 11.6 Å². The maximum atomic E-state index is 5.72.